The molecule has 1 aromatic heterocycles. The molecular formula is C27H24Br2N4O2. The van der Waals surface area contributed by atoms with Crippen molar-refractivity contribution in [2.24, 2.45) is 10.1 Å². The first-order chi connectivity index (χ1) is 17.0. The number of pyridine rings is 1. The number of aryl methyl sites for hydroxylation is 1. The van der Waals surface area contributed by atoms with Gasteiger partial charge in [-0.3, -0.25) is 5.43 Å². The molecule has 1 heterocycles. The molecule has 0 saturated carbocycles. The summed E-state index contributed by atoms with van der Waals surface area (Å²) in [5.74, 6) is 1.87. The normalized spacial score (nSPS) is 11.7. The predicted molar refractivity (Wildman–Crippen MR) is 149 cm³/mol. The Labute approximate surface area is 221 Å². The van der Waals surface area contributed by atoms with E-state index < -0.39 is 0 Å². The zero-order chi connectivity index (χ0) is 24.8. The first kappa shape index (κ1) is 24.9. The van der Waals surface area contributed by atoms with Crippen LogP contribution in [0, 0.1) is 6.92 Å². The Bertz CT molecular complexity index is 1400. The number of benzene rings is 3. The zero-order valence-corrected chi connectivity index (χ0v) is 22.7. The Morgan fingerprint density at radius 2 is 1.86 bits per heavy atom. The zero-order valence-electron chi connectivity index (χ0n) is 19.5. The van der Waals surface area contributed by atoms with E-state index in [9.17, 15) is 0 Å². The van der Waals surface area contributed by atoms with Gasteiger partial charge >= 0.3 is 0 Å². The van der Waals surface area contributed by atoms with Crippen LogP contribution in [0.4, 0.5) is 5.69 Å². The number of amidine groups is 1. The molecule has 8 heteroatoms. The van der Waals surface area contributed by atoms with E-state index in [1.54, 1.807) is 13.3 Å². The van der Waals surface area contributed by atoms with Crippen molar-refractivity contribution in [3.8, 4) is 11.5 Å². The van der Waals surface area contributed by atoms with Gasteiger partial charge in [0.05, 0.1) is 31.1 Å². The van der Waals surface area contributed by atoms with Crippen LogP contribution < -0.4 is 14.9 Å². The van der Waals surface area contributed by atoms with Crippen LogP contribution in [0.1, 0.15) is 23.7 Å². The third-order valence-electron chi connectivity index (χ3n) is 5.15. The van der Waals surface area contributed by atoms with Crippen molar-refractivity contribution in [3.63, 3.8) is 0 Å². The number of nitrogens with zero attached hydrogens (tertiary/aromatic N) is 3. The smallest absolute Gasteiger partial charge is 0.173 e. The number of aromatic nitrogens is 1. The lowest BCUT2D eigenvalue weighted by Crippen LogP contribution is -2.20. The standard InChI is InChI=1S/C27H24Br2N4O2/c1-4-35-24-12-9-18(14-25(24)34-3)16-30-33-27(32-26-17(2)13-20(28)15-21(26)29)23-11-10-19-7-5-6-8-22(19)31-23/h5-16H,4H2,1-3H3,(H,32,33). The summed E-state index contributed by atoms with van der Waals surface area (Å²) in [4.78, 5) is 9.70. The fourth-order valence-electron chi connectivity index (χ4n) is 3.49. The summed E-state index contributed by atoms with van der Waals surface area (Å²) < 4.78 is 12.9. The van der Waals surface area contributed by atoms with E-state index in [4.69, 9.17) is 19.5 Å². The highest BCUT2D eigenvalue weighted by molar-refractivity contribution is 9.11. The lowest BCUT2D eigenvalue weighted by Gasteiger charge is -2.11. The second-order valence-corrected chi connectivity index (χ2v) is 9.39. The Morgan fingerprint density at radius 1 is 1.03 bits per heavy atom. The minimum atomic E-state index is 0.524. The number of fused-ring (bicyclic) bond motifs is 1. The van der Waals surface area contributed by atoms with Crippen molar-refractivity contribution < 1.29 is 9.47 Å². The quantitative estimate of drug-likeness (QED) is 0.140. The number of aliphatic imine (C=N–C) groups is 1. The van der Waals surface area contributed by atoms with Gasteiger partial charge in [0.1, 0.15) is 5.69 Å². The van der Waals surface area contributed by atoms with Crippen molar-refractivity contribution in [2.45, 2.75) is 13.8 Å². The molecule has 0 fully saturated rings. The van der Waals surface area contributed by atoms with Crippen LogP contribution in [0.25, 0.3) is 10.9 Å². The summed E-state index contributed by atoms with van der Waals surface area (Å²) >= 11 is 7.16. The largest absolute Gasteiger partial charge is 0.493 e. The fraction of sp³-hybridized carbons (Fsp3) is 0.148. The van der Waals surface area contributed by atoms with Crippen LogP contribution in [0.5, 0.6) is 11.5 Å². The molecule has 1 N–H and O–H groups in total. The maximum Gasteiger partial charge on any atom is 0.173 e. The molecule has 178 valence electrons. The van der Waals surface area contributed by atoms with Gasteiger partial charge in [-0.05, 0) is 83.4 Å². The van der Waals surface area contributed by atoms with E-state index in [1.165, 1.54) is 0 Å². The molecule has 0 radical (unpaired) electrons. The van der Waals surface area contributed by atoms with E-state index in [0.717, 1.165) is 36.7 Å². The van der Waals surface area contributed by atoms with Crippen molar-refractivity contribution in [2.75, 3.05) is 13.7 Å². The van der Waals surface area contributed by atoms with Gasteiger partial charge in [0.25, 0.3) is 0 Å². The number of hydrogen-bond donors (Lipinski definition) is 1. The summed E-state index contributed by atoms with van der Waals surface area (Å²) in [5.41, 5.74) is 7.31. The predicted octanol–water partition coefficient (Wildman–Crippen LogP) is 7.18. The highest BCUT2D eigenvalue weighted by Crippen LogP contribution is 2.33. The van der Waals surface area contributed by atoms with Crippen LogP contribution in [0.2, 0.25) is 0 Å². The van der Waals surface area contributed by atoms with Gasteiger partial charge in [-0.15, -0.1) is 0 Å². The topological polar surface area (TPSA) is 68.1 Å². The van der Waals surface area contributed by atoms with E-state index in [0.29, 0.717) is 29.6 Å². The van der Waals surface area contributed by atoms with Crippen molar-refractivity contribution in [1.29, 1.82) is 0 Å². The van der Waals surface area contributed by atoms with E-state index in [2.05, 4.69) is 42.4 Å². The van der Waals surface area contributed by atoms with Crippen LogP contribution in [0.15, 0.2) is 85.8 Å². The van der Waals surface area contributed by atoms with Crippen LogP contribution in [-0.2, 0) is 0 Å². The van der Waals surface area contributed by atoms with Gasteiger partial charge in [0.2, 0.25) is 0 Å². The van der Waals surface area contributed by atoms with Gasteiger partial charge < -0.3 is 9.47 Å². The van der Waals surface area contributed by atoms with E-state index in [1.807, 2.05) is 80.6 Å². The molecule has 4 rings (SSSR count). The summed E-state index contributed by atoms with van der Waals surface area (Å²) in [6.45, 7) is 4.51. The van der Waals surface area contributed by atoms with Gasteiger partial charge in [0.15, 0.2) is 17.3 Å². The average molecular weight is 596 g/mol. The highest BCUT2D eigenvalue weighted by atomic mass is 79.9. The minimum Gasteiger partial charge on any atom is -0.493 e. The van der Waals surface area contributed by atoms with Gasteiger partial charge in [-0.25, -0.2) is 9.98 Å². The fourth-order valence-corrected chi connectivity index (χ4v) is 5.02. The molecule has 0 atom stereocenters. The second kappa shape index (κ2) is 11.5. The molecule has 0 bridgehead atoms. The molecule has 0 aliphatic carbocycles. The number of ether oxygens (including phenoxy) is 2. The molecule has 4 aromatic rings. The van der Waals surface area contributed by atoms with Crippen LogP contribution in [0.3, 0.4) is 0 Å². The molecule has 0 saturated heterocycles. The third-order valence-corrected chi connectivity index (χ3v) is 6.22. The molecule has 0 aliphatic rings. The van der Waals surface area contributed by atoms with E-state index >= 15 is 0 Å². The molecule has 0 spiro atoms. The Balaban J connectivity index is 1.71. The Morgan fingerprint density at radius 3 is 2.63 bits per heavy atom. The van der Waals surface area contributed by atoms with Gasteiger partial charge in [0, 0.05) is 14.3 Å². The summed E-state index contributed by atoms with van der Waals surface area (Å²) in [7, 11) is 1.62. The van der Waals surface area contributed by atoms with Gasteiger partial charge in [-0.2, -0.15) is 5.10 Å². The number of hydrogen-bond acceptors (Lipinski definition) is 5. The van der Waals surface area contributed by atoms with Gasteiger partial charge in [-0.1, -0.05) is 40.2 Å². The summed E-state index contributed by atoms with van der Waals surface area (Å²) in [5, 5.41) is 5.51. The number of para-hydroxylation sites is 1. The average Bonchev–Trinajstić information content (AvgIpc) is 2.85. The number of rotatable bonds is 7. The van der Waals surface area contributed by atoms with Crippen LogP contribution in [-0.4, -0.2) is 30.8 Å². The third kappa shape index (κ3) is 6.07. The first-order valence-corrected chi connectivity index (χ1v) is 12.6. The highest BCUT2D eigenvalue weighted by Gasteiger charge is 2.11. The maximum atomic E-state index is 5.60. The van der Waals surface area contributed by atoms with Crippen molar-refractivity contribution in [3.05, 3.63) is 92.5 Å². The second-order valence-electron chi connectivity index (χ2n) is 7.62. The molecule has 0 unspecified atom stereocenters. The molecule has 0 amide bonds. The monoisotopic (exact) mass is 594 g/mol. The maximum absolute atomic E-state index is 5.60. The SMILES string of the molecule is CCOc1ccc(C=NNC(=Nc2c(C)cc(Br)cc2Br)c2ccc3ccccc3n2)cc1OC. The molecule has 6 nitrogen and oxygen atoms in total. The van der Waals surface area contributed by atoms with Crippen molar-refractivity contribution in [1.82, 2.24) is 10.4 Å². The number of nitrogens with one attached hydrogen (secondary N) is 1. The Kier molecular flexibility index (Phi) is 8.15. The first-order valence-electron chi connectivity index (χ1n) is 11.0. The van der Waals surface area contributed by atoms with Crippen LogP contribution >= 0.6 is 31.9 Å². The summed E-state index contributed by atoms with van der Waals surface area (Å²) in [6.07, 6.45) is 1.71. The lowest BCUT2D eigenvalue weighted by molar-refractivity contribution is 0.311. The number of methoxy groups -OCH3 is 1. The minimum absolute atomic E-state index is 0.524. The number of halogens is 2. The lowest BCUT2D eigenvalue weighted by atomic mass is 10.2. The molecule has 35 heavy (non-hydrogen) atoms. The molecule has 0 aliphatic heterocycles. The van der Waals surface area contributed by atoms with Crippen molar-refractivity contribution >= 4 is 60.5 Å². The summed E-state index contributed by atoms with van der Waals surface area (Å²) in [6, 6.07) is 21.6. The molecular weight excluding hydrogens is 572 g/mol. The number of hydrazone groups is 1. The Hall–Kier alpha value is -3.23. The van der Waals surface area contributed by atoms with E-state index in [-0.39, 0.29) is 0 Å². The molecule has 3 aromatic carbocycles.